The maximum absolute atomic E-state index is 11.8. The molecule has 3 N–H and O–H groups in total. The average molecular weight is 477 g/mol. The van der Waals surface area contributed by atoms with Crippen molar-refractivity contribution in [3.05, 3.63) is 11.6 Å². The van der Waals surface area contributed by atoms with Crippen LogP contribution in [0.5, 0.6) is 0 Å². The number of hydrogen-bond acceptors (Lipinski definition) is 5. The first kappa shape index (κ1) is 20.9. The number of nitrogens with one attached hydrogen (secondary N) is 3. The van der Waals surface area contributed by atoms with Crippen LogP contribution in [-0.4, -0.2) is 58.9 Å². The number of methoxy groups -OCH3 is 1. The molecule has 0 bridgehead atoms. The highest BCUT2D eigenvalue weighted by molar-refractivity contribution is 14.0. The van der Waals surface area contributed by atoms with Crippen molar-refractivity contribution in [1.29, 1.82) is 0 Å². The van der Waals surface area contributed by atoms with Crippen LogP contribution in [0, 0.1) is 0 Å². The number of aliphatic imine (C=N–C) groups is 1. The first-order chi connectivity index (χ1) is 12.2. The SMILES string of the molecule is CCNC(=NCC(=O)NC1CC1)NC1CCc2nc(COC)nn2C1.I. The molecule has 0 aromatic carbocycles. The summed E-state index contributed by atoms with van der Waals surface area (Å²) in [4.78, 5) is 20.7. The molecule has 9 nitrogen and oxygen atoms in total. The van der Waals surface area contributed by atoms with Crippen LogP contribution in [0.25, 0.3) is 0 Å². The number of ether oxygens (including phenoxy) is 1. The molecule has 1 amide bonds. The average Bonchev–Trinajstić information content (AvgIpc) is 3.30. The fraction of sp³-hybridized carbons (Fsp3) is 0.750. The molecule has 1 aliphatic carbocycles. The van der Waals surface area contributed by atoms with Gasteiger partial charge in [0.25, 0.3) is 0 Å². The third kappa shape index (κ3) is 6.08. The Morgan fingerprint density at radius 3 is 2.81 bits per heavy atom. The Balaban J connectivity index is 0.00000243. The van der Waals surface area contributed by atoms with Crippen molar-refractivity contribution < 1.29 is 9.53 Å². The number of aromatic nitrogens is 3. The third-order valence-electron chi connectivity index (χ3n) is 4.18. The van der Waals surface area contributed by atoms with Gasteiger partial charge >= 0.3 is 0 Å². The van der Waals surface area contributed by atoms with Crippen LogP contribution in [0.1, 0.15) is 37.8 Å². The minimum atomic E-state index is -0.0221. The first-order valence-electron chi connectivity index (χ1n) is 8.93. The zero-order chi connectivity index (χ0) is 17.6. The summed E-state index contributed by atoms with van der Waals surface area (Å²) in [5, 5.41) is 14.0. The van der Waals surface area contributed by atoms with E-state index in [-0.39, 0.29) is 42.5 Å². The van der Waals surface area contributed by atoms with E-state index in [0.29, 0.717) is 18.6 Å². The summed E-state index contributed by atoms with van der Waals surface area (Å²) in [5.74, 6) is 2.36. The van der Waals surface area contributed by atoms with Gasteiger partial charge in [0.05, 0.1) is 6.54 Å². The maximum atomic E-state index is 11.8. The zero-order valence-electron chi connectivity index (χ0n) is 15.3. The molecule has 0 spiro atoms. The predicted octanol–water partition coefficient (Wildman–Crippen LogP) is 0.191. The van der Waals surface area contributed by atoms with Gasteiger partial charge in [-0.2, -0.15) is 5.10 Å². The summed E-state index contributed by atoms with van der Waals surface area (Å²) < 4.78 is 7.02. The number of carbonyl (C=O) groups is 1. The Morgan fingerprint density at radius 2 is 2.12 bits per heavy atom. The van der Waals surface area contributed by atoms with Gasteiger partial charge in [0.15, 0.2) is 11.8 Å². The van der Waals surface area contributed by atoms with Crippen molar-refractivity contribution in [3.63, 3.8) is 0 Å². The molecule has 1 aliphatic heterocycles. The van der Waals surface area contributed by atoms with E-state index in [1.807, 2.05) is 11.6 Å². The van der Waals surface area contributed by atoms with Crippen LogP contribution in [0.4, 0.5) is 0 Å². The fourth-order valence-electron chi connectivity index (χ4n) is 2.83. The molecule has 10 heteroatoms. The number of halogens is 1. The van der Waals surface area contributed by atoms with E-state index in [4.69, 9.17) is 4.74 Å². The second-order valence-corrected chi connectivity index (χ2v) is 6.48. The monoisotopic (exact) mass is 477 g/mol. The van der Waals surface area contributed by atoms with Gasteiger partial charge in [0.2, 0.25) is 5.91 Å². The Labute approximate surface area is 170 Å². The van der Waals surface area contributed by atoms with Gasteiger partial charge in [0.1, 0.15) is 19.0 Å². The van der Waals surface area contributed by atoms with Gasteiger partial charge in [-0.25, -0.2) is 14.7 Å². The van der Waals surface area contributed by atoms with Crippen LogP contribution < -0.4 is 16.0 Å². The molecule has 2 aliphatic rings. The van der Waals surface area contributed by atoms with E-state index >= 15 is 0 Å². The topological polar surface area (TPSA) is 105 Å². The van der Waals surface area contributed by atoms with Gasteiger partial charge in [-0.3, -0.25) is 4.79 Å². The number of guanidine groups is 1. The number of rotatable bonds is 7. The molecule has 1 saturated carbocycles. The number of hydrogen-bond donors (Lipinski definition) is 3. The number of fused-ring (bicyclic) bond motifs is 1. The normalized spacial score (nSPS) is 19.3. The van der Waals surface area contributed by atoms with E-state index in [1.54, 1.807) is 7.11 Å². The fourth-order valence-corrected chi connectivity index (χ4v) is 2.83. The molecule has 1 unspecified atom stereocenters. The van der Waals surface area contributed by atoms with Crippen molar-refractivity contribution in [2.24, 2.45) is 4.99 Å². The van der Waals surface area contributed by atoms with E-state index in [0.717, 1.165) is 50.4 Å². The largest absolute Gasteiger partial charge is 0.377 e. The summed E-state index contributed by atoms with van der Waals surface area (Å²) in [6.07, 6.45) is 3.97. The van der Waals surface area contributed by atoms with E-state index < -0.39 is 0 Å². The lowest BCUT2D eigenvalue weighted by Gasteiger charge is -2.25. The minimum absolute atomic E-state index is 0. The maximum Gasteiger partial charge on any atom is 0.242 e. The van der Waals surface area contributed by atoms with Crippen LogP contribution in [0.3, 0.4) is 0 Å². The van der Waals surface area contributed by atoms with Crippen LogP contribution in [-0.2, 0) is 29.1 Å². The number of carbonyl (C=O) groups excluding carboxylic acids is 1. The minimum Gasteiger partial charge on any atom is -0.377 e. The molecule has 146 valence electrons. The summed E-state index contributed by atoms with van der Waals surface area (Å²) in [6, 6.07) is 0.567. The summed E-state index contributed by atoms with van der Waals surface area (Å²) >= 11 is 0. The molecule has 1 fully saturated rings. The van der Waals surface area contributed by atoms with Crippen LogP contribution >= 0.6 is 24.0 Å². The summed E-state index contributed by atoms with van der Waals surface area (Å²) in [6.45, 7) is 4.05. The molecule has 1 aromatic heterocycles. The van der Waals surface area contributed by atoms with Crippen molar-refractivity contribution in [1.82, 2.24) is 30.7 Å². The lowest BCUT2D eigenvalue weighted by atomic mass is 10.1. The highest BCUT2D eigenvalue weighted by Gasteiger charge is 2.24. The van der Waals surface area contributed by atoms with Crippen LogP contribution in [0.15, 0.2) is 4.99 Å². The Morgan fingerprint density at radius 1 is 1.31 bits per heavy atom. The van der Waals surface area contributed by atoms with Crippen molar-refractivity contribution in [2.45, 2.75) is 57.8 Å². The van der Waals surface area contributed by atoms with Crippen molar-refractivity contribution in [2.75, 3.05) is 20.2 Å². The van der Waals surface area contributed by atoms with E-state index in [1.165, 1.54) is 0 Å². The van der Waals surface area contributed by atoms with Gasteiger partial charge in [-0.05, 0) is 26.2 Å². The first-order valence-corrected chi connectivity index (χ1v) is 8.93. The number of nitrogens with zero attached hydrogens (tertiary/aromatic N) is 4. The highest BCUT2D eigenvalue weighted by Crippen LogP contribution is 2.18. The van der Waals surface area contributed by atoms with Gasteiger partial charge < -0.3 is 20.7 Å². The second kappa shape index (κ2) is 10.0. The lowest BCUT2D eigenvalue weighted by molar-refractivity contribution is -0.119. The second-order valence-electron chi connectivity index (χ2n) is 6.48. The Bertz CT molecular complexity index is 630. The molecule has 0 radical (unpaired) electrons. The Kier molecular flexibility index (Phi) is 8.07. The van der Waals surface area contributed by atoms with Gasteiger partial charge in [0, 0.05) is 32.2 Å². The zero-order valence-corrected chi connectivity index (χ0v) is 17.7. The van der Waals surface area contributed by atoms with Gasteiger partial charge in [-0.15, -0.1) is 24.0 Å². The molecule has 2 heterocycles. The third-order valence-corrected chi connectivity index (χ3v) is 4.18. The lowest BCUT2D eigenvalue weighted by Crippen LogP contribution is -2.47. The smallest absolute Gasteiger partial charge is 0.242 e. The van der Waals surface area contributed by atoms with E-state index in [2.05, 4.69) is 31.0 Å². The quantitative estimate of drug-likeness (QED) is 0.294. The van der Waals surface area contributed by atoms with Crippen LogP contribution in [0.2, 0.25) is 0 Å². The Hall–Kier alpha value is -1.43. The molecule has 0 saturated heterocycles. The molecular formula is C16H28IN7O2. The molecule has 1 aromatic rings. The predicted molar refractivity (Wildman–Crippen MR) is 109 cm³/mol. The van der Waals surface area contributed by atoms with Gasteiger partial charge in [-0.1, -0.05) is 0 Å². The molecule has 1 atom stereocenters. The molecule has 3 rings (SSSR count). The van der Waals surface area contributed by atoms with Crippen molar-refractivity contribution in [3.8, 4) is 0 Å². The van der Waals surface area contributed by atoms with Crippen molar-refractivity contribution >= 4 is 35.8 Å². The standard InChI is InChI=1S/C16H27N7O2.HI/c1-3-17-16(18-8-15(24)19-11-4-5-11)20-12-6-7-14-21-13(10-25-2)22-23(14)9-12;/h11-12H,3-10H2,1-2H3,(H,19,24)(H2,17,18,20);1H. The van der Waals surface area contributed by atoms with E-state index in [9.17, 15) is 4.79 Å². The number of aryl methyl sites for hydroxylation is 1. The molecule has 26 heavy (non-hydrogen) atoms. The number of amides is 1. The summed E-state index contributed by atoms with van der Waals surface area (Å²) in [7, 11) is 1.64. The highest BCUT2D eigenvalue weighted by atomic mass is 127. The summed E-state index contributed by atoms with van der Waals surface area (Å²) in [5.41, 5.74) is 0. The molecular weight excluding hydrogens is 449 g/mol.